The Morgan fingerprint density at radius 2 is 1.48 bits per heavy atom. The molecule has 2 amide bonds. The molecule has 3 atom stereocenters. The van der Waals surface area contributed by atoms with Gasteiger partial charge in [0, 0.05) is 37.4 Å². The fourth-order valence-corrected chi connectivity index (χ4v) is 6.05. The molecule has 5 nitrogen and oxygen atoms in total. The van der Waals surface area contributed by atoms with Gasteiger partial charge in [0.1, 0.15) is 0 Å². The Morgan fingerprint density at radius 1 is 0.905 bits per heavy atom. The number of carbonyl (C=O) groups is 2. The molecule has 42 heavy (non-hydrogen) atoms. The number of carbonyl (C=O) groups excluding carboxylic acids is 2. The average molecular weight is 599 g/mol. The van der Waals surface area contributed by atoms with Crippen molar-refractivity contribution >= 4 is 11.8 Å². The molecule has 0 spiro atoms. The Morgan fingerprint density at radius 3 is 2.02 bits per heavy atom. The van der Waals surface area contributed by atoms with E-state index >= 15 is 0 Å². The molecule has 1 aliphatic heterocycles. The van der Waals surface area contributed by atoms with Gasteiger partial charge in [-0.1, -0.05) is 30.3 Å². The van der Waals surface area contributed by atoms with Crippen LogP contribution in [0.5, 0.6) is 0 Å². The van der Waals surface area contributed by atoms with Crippen molar-refractivity contribution in [3.63, 3.8) is 0 Å². The zero-order valence-electron chi connectivity index (χ0n) is 23.6. The summed E-state index contributed by atoms with van der Waals surface area (Å²) in [6.45, 7) is 4.54. The standard InChI is InChI=1S/C31H36F6N2O3/c1-3-38-28(40)21-9-11-22(12-10-21)29(41)39-14-13-27(26(18-39)20-7-5-4-6-8-20)42-19(2)23-15-24(30(32,33)34)17-25(16-23)31(35,36)37/h4-8,15-17,19,21-22,26-27H,3,9-14,18H2,1-2H3,(H,38,40)/t19-,21-,22-,26+,27+/m1/s1. The molecule has 0 aromatic heterocycles. The lowest BCUT2D eigenvalue weighted by Gasteiger charge is -2.41. The normalized spacial score (nSPS) is 24.2. The molecule has 1 N–H and O–H groups in total. The molecular weight excluding hydrogens is 562 g/mol. The van der Waals surface area contributed by atoms with Gasteiger partial charge in [0.15, 0.2) is 0 Å². The van der Waals surface area contributed by atoms with Crippen LogP contribution in [-0.4, -0.2) is 42.5 Å². The molecule has 11 heteroatoms. The van der Waals surface area contributed by atoms with Gasteiger partial charge in [-0.15, -0.1) is 0 Å². The number of alkyl halides is 6. The van der Waals surface area contributed by atoms with Crippen molar-refractivity contribution in [2.24, 2.45) is 11.8 Å². The Balaban J connectivity index is 1.50. The highest BCUT2D eigenvalue weighted by atomic mass is 19.4. The Hall–Kier alpha value is -3.08. The summed E-state index contributed by atoms with van der Waals surface area (Å²) in [6.07, 6.45) is -8.63. The number of halogens is 6. The van der Waals surface area contributed by atoms with Crippen molar-refractivity contribution in [1.82, 2.24) is 10.2 Å². The minimum atomic E-state index is -4.95. The molecule has 0 unspecified atom stereocenters. The number of piperidine rings is 1. The number of nitrogens with zero attached hydrogens (tertiary/aromatic N) is 1. The second-order valence-electron chi connectivity index (χ2n) is 11.2. The SMILES string of the molecule is CCNC(=O)[C@H]1CC[C@H](C(=O)N2CC[C@H](O[C@H](C)c3cc(C(F)(F)F)cc(C(F)(F)F)c3)[C@H](c3ccccc3)C2)CC1. The lowest BCUT2D eigenvalue weighted by atomic mass is 9.80. The van der Waals surface area contributed by atoms with E-state index in [0.29, 0.717) is 63.9 Å². The topological polar surface area (TPSA) is 58.6 Å². The fourth-order valence-electron chi connectivity index (χ4n) is 6.05. The predicted molar refractivity (Wildman–Crippen MR) is 144 cm³/mol. The van der Waals surface area contributed by atoms with E-state index in [0.717, 1.165) is 5.56 Å². The number of amides is 2. The predicted octanol–water partition coefficient (Wildman–Crippen LogP) is 7.13. The van der Waals surface area contributed by atoms with E-state index in [9.17, 15) is 35.9 Å². The molecule has 1 saturated carbocycles. The highest BCUT2D eigenvalue weighted by molar-refractivity contribution is 5.81. The van der Waals surface area contributed by atoms with Gasteiger partial charge in [0.25, 0.3) is 0 Å². The monoisotopic (exact) mass is 598 g/mol. The quantitative estimate of drug-likeness (QED) is 0.345. The maximum absolute atomic E-state index is 13.5. The van der Waals surface area contributed by atoms with E-state index in [1.54, 1.807) is 4.90 Å². The number of hydrogen-bond acceptors (Lipinski definition) is 3. The number of likely N-dealkylation sites (tertiary alicyclic amines) is 1. The van der Waals surface area contributed by atoms with Gasteiger partial charge in [-0.2, -0.15) is 26.3 Å². The zero-order chi connectivity index (χ0) is 30.7. The van der Waals surface area contributed by atoms with Gasteiger partial charge >= 0.3 is 12.4 Å². The number of rotatable bonds is 7. The van der Waals surface area contributed by atoms with Gasteiger partial charge < -0.3 is 15.0 Å². The molecular formula is C31H36F6N2O3. The summed E-state index contributed by atoms with van der Waals surface area (Å²) in [5.41, 5.74) is -2.12. The summed E-state index contributed by atoms with van der Waals surface area (Å²) in [6, 6.07) is 10.8. The summed E-state index contributed by atoms with van der Waals surface area (Å²) >= 11 is 0. The van der Waals surface area contributed by atoms with Crippen LogP contribution in [0.2, 0.25) is 0 Å². The minimum absolute atomic E-state index is 0.00415. The van der Waals surface area contributed by atoms with Crippen molar-refractivity contribution < 1.29 is 40.7 Å². The zero-order valence-corrected chi connectivity index (χ0v) is 23.6. The van der Waals surface area contributed by atoms with Gasteiger partial charge in [0.05, 0.1) is 23.3 Å². The molecule has 2 aromatic rings. The second-order valence-corrected chi connectivity index (χ2v) is 11.2. The molecule has 1 saturated heterocycles. The summed E-state index contributed by atoms with van der Waals surface area (Å²) in [5, 5.41) is 2.84. The molecule has 4 rings (SSSR count). The molecule has 2 aliphatic rings. The number of benzene rings is 2. The van der Waals surface area contributed by atoms with Crippen molar-refractivity contribution in [2.75, 3.05) is 19.6 Å². The van der Waals surface area contributed by atoms with Crippen molar-refractivity contribution in [2.45, 2.75) is 76.4 Å². The lowest BCUT2D eigenvalue weighted by Crippen LogP contribution is -2.48. The lowest BCUT2D eigenvalue weighted by molar-refractivity contribution is -0.143. The third-order valence-electron chi connectivity index (χ3n) is 8.35. The van der Waals surface area contributed by atoms with Crippen molar-refractivity contribution in [3.8, 4) is 0 Å². The highest BCUT2D eigenvalue weighted by Crippen LogP contribution is 2.40. The summed E-state index contributed by atoms with van der Waals surface area (Å²) in [7, 11) is 0. The van der Waals surface area contributed by atoms with Crippen LogP contribution >= 0.6 is 0 Å². The fraction of sp³-hybridized carbons (Fsp3) is 0.548. The summed E-state index contributed by atoms with van der Waals surface area (Å²) < 4.78 is 86.9. The largest absolute Gasteiger partial charge is 0.416 e. The number of hydrogen-bond donors (Lipinski definition) is 1. The van der Waals surface area contributed by atoms with Crippen LogP contribution in [-0.2, 0) is 26.7 Å². The van der Waals surface area contributed by atoms with E-state index < -0.39 is 35.7 Å². The number of ether oxygens (including phenoxy) is 1. The number of nitrogens with one attached hydrogen (secondary N) is 1. The molecule has 2 fully saturated rings. The van der Waals surface area contributed by atoms with Gasteiger partial charge in [-0.05, 0) is 75.3 Å². The van der Waals surface area contributed by atoms with E-state index in [1.807, 2.05) is 37.3 Å². The molecule has 230 valence electrons. The van der Waals surface area contributed by atoms with E-state index in [4.69, 9.17) is 4.74 Å². The second kappa shape index (κ2) is 13.1. The third kappa shape index (κ3) is 7.65. The maximum Gasteiger partial charge on any atom is 0.416 e. The summed E-state index contributed by atoms with van der Waals surface area (Å²) in [5.74, 6) is -0.604. The molecule has 0 radical (unpaired) electrons. The van der Waals surface area contributed by atoms with E-state index in [2.05, 4.69) is 5.32 Å². The van der Waals surface area contributed by atoms with Crippen LogP contribution in [0.25, 0.3) is 0 Å². The Labute approximate surface area is 241 Å². The van der Waals surface area contributed by atoms with Crippen molar-refractivity contribution in [3.05, 3.63) is 70.8 Å². The minimum Gasteiger partial charge on any atom is -0.370 e. The maximum atomic E-state index is 13.5. The van der Waals surface area contributed by atoms with Gasteiger partial charge in [-0.25, -0.2) is 0 Å². The van der Waals surface area contributed by atoms with Gasteiger partial charge in [0.2, 0.25) is 11.8 Å². The smallest absolute Gasteiger partial charge is 0.370 e. The first kappa shape index (κ1) is 31.8. The van der Waals surface area contributed by atoms with E-state index in [-0.39, 0.29) is 41.2 Å². The first-order valence-electron chi connectivity index (χ1n) is 14.3. The van der Waals surface area contributed by atoms with Crippen LogP contribution in [0.3, 0.4) is 0 Å². The van der Waals surface area contributed by atoms with E-state index in [1.165, 1.54) is 6.92 Å². The first-order valence-corrected chi connectivity index (χ1v) is 14.3. The van der Waals surface area contributed by atoms with Gasteiger partial charge in [-0.3, -0.25) is 9.59 Å². The van der Waals surface area contributed by atoms with Crippen LogP contribution in [0, 0.1) is 11.8 Å². The molecule has 2 aromatic carbocycles. The van der Waals surface area contributed by atoms with Crippen LogP contribution in [0.4, 0.5) is 26.3 Å². The molecule has 0 bridgehead atoms. The highest BCUT2D eigenvalue weighted by Gasteiger charge is 2.40. The Bertz CT molecular complexity index is 1190. The summed E-state index contributed by atoms with van der Waals surface area (Å²) in [4.78, 5) is 27.5. The van der Waals surface area contributed by atoms with Crippen LogP contribution < -0.4 is 5.32 Å². The molecule has 1 aliphatic carbocycles. The Kier molecular flexibility index (Phi) is 9.90. The van der Waals surface area contributed by atoms with Crippen LogP contribution in [0.1, 0.15) is 80.2 Å². The first-order chi connectivity index (χ1) is 19.8. The van der Waals surface area contributed by atoms with Crippen LogP contribution in [0.15, 0.2) is 48.5 Å². The third-order valence-corrected chi connectivity index (χ3v) is 8.35. The van der Waals surface area contributed by atoms with Crippen molar-refractivity contribution in [1.29, 1.82) is 0 Å². The molecule has 1 heterocycles. The average Bonchev–Trinajstić information content (AvgIpc) is 2.96.